The molecule has 88 valence electrons. The fourth-order valence-corrected chi connectivity index (χ4v) is 0.151. The molecule has 0 aromatic carbocycles. The molecule has 0 rings (SSSR count). The molecular weight excluding hydrogens is 218 g/mol. The van der Waals surface area contributed by atoms with E-state index < -0.39 is 17.9 Å². The quantitative estimate of drug-likeness (QED) is 0.467. The number of hydrogen-bond acceptors (Lipinski definition) is 4. The number of carboxylic acids is 3. The van der Waals surface area contributed by atoms with Gasteiger partial charge in [0.05, 0.1) is 6.54 Å². The summed E-state index contributed by atoms with van der Waals surface area (Å²) in [5.41, 5.74) is 0. The van der Waals surface area contributed by atoms with E-state index in [-0.39, 0.29) is 32.5 Å². The van der Waals surface area contributed by atoms with Gasteiger partial charge in [-0.2, -0.15) is 0 Å². The van der Waals surface area contributed by atoms with Crippen LogP contribution in [0.15, 0.2) is 0 Å². The maximum absolute atomic E-state index is 9.54. The Bertz CT molecular complexity index is 173. The summed E-state index contributed by atoms with van der Waals surface area (Å²) in [6.07, 6.45) is 0. The Morgan fingerprint density at radius 2 is 1.27 bits per heavy atom. The molecule has 0 unspecified atom stereocenters. The minimum atomic E-state index is -0.833. The van der Waals surface area contributed by atoms with E-state index in [0.717, 1.165) is 13.8 Å². The first kappa shape index (κ1) is 23.7. The number of carboxylic acid groups (broad SMARTS) is 3. The number of aliphatic carboxylic acids is 3. The molecule has 0 amide bonds. The van der Waals surface area contributed by atoms with Crippen LogP contribution in [0.3, 0.4) is 0 Å². The fraction of sp³-hybridized carbons (Fsp3) is 0.571. The van der Waals surface area contributed by atoms with Crippen LogP contribution in [-0.2, 0) is 14.4 Å². The first-order valence-corrected chi connectivity index (χ1v) is 3.49. The van der Waals surface area contributed by atoms with Crippen molar-refractivity contribution < 1.29 is 32.6 Å². The van der Waals surface area contributed by atoms with Gasteiger partial charge in [0.1, 0.15) is 0 Å². The summed E-state index contributed by atoms with van der Waals surface area (Å²) < 4.78 is 0. The maximum Gasteiger partial charge on any atom is 2.00 e. The average molecular weight is 236 g/mol. The summed E-state index contributed by atoms with van der Waals surface area (Å²) in [4.78, 5) is 27.5. The van der Waals surface area contributed by atoms with Gasteiger partial charge in [-0.05, 0) is 7.05 Å². The summed E-state index contributed by atoms with van der Waals surface area (Å²) >= 11 is 0. The first-order valence-electron chi connectivity index (χ1n) is 3.49. The van der Waals surface area contributed by atoms with Gasteiger partial charge >= 0.3 is 29.0 Å². The second kappa shape index (κ2) is 18.8. The van der Waals surface area contributed by atoms with Gasteiger partial charge < -0.3 is 23.5 Å². The number of carbonyl (C=O) groups is 3. The average Bonchev–Trinajstić information content (AvgIpc) is 1.82. The molecule has 4 N–H and O–H groups in total. The predicted octanol–water partition coefficient (Wildman–Crippen LogP) is -0.684. The van der Waals surface area contributed by atoms with Gasteiger partial charge in [0.2, 0.25) is 0 Å². The Labute approximate surface area is 107 Å². The molecule has 7 nitrogen and oxygen atoms in total. The molecule has 0 atom stereocenters. The van der Waals surface area contributed by atoms with Crippen LogP contribution >= 0.6 is 0 Å². The van der Waals surface area contributed by atoms with Crippen LogP contribution in [0.2, 0.25) is 0 Å². The van der Waals surface area contributed by atoms with Gasteiger partial charge in [0.15, 0.2) is 0 Å². The third kappa shape index (κ3) is 357. The molecule has 0 saturated heterocycles. The van der Waals surface area contributed by atoms with Gasteiger partial charge in [-0.1, -0.05) is 0 Å². The van der Waals surface area contributed by atoms with Crippen molar-refractivity contribution in [3.63, 3.8) is 0 Å². The van der Waals surface area contributed by atoms with E-state index in [0.29, 0.717) is 0 Å². The van der Waals surface area contributed by atoms with Gasteiger partial charge in [-0.3, -0.25) is 14.4 Å². The van der Waals surface area contributed by atoms with E-state index in [1.807, 2.05) is 0 Å². The molecule has 0 saturated carbocycles. The van der Waals surface area contributed by atoms with Crippen LogP contribution in [0.4, 0.5) is 0 Å². The van der Waals surface area contributed by atoms with Crippen LogP contribution < -0.4 is 5.32 Å². The first-order chi connectivity index (χ1) is 6.23. The molecule has 0 radical (unpaired) electrons. The van der Waals surface area contributed by atoms with Crippen molar-refractivity contribution in [2.75, 3.05) is 13.6 Å². The van der Waals surface area contributed by atoms with Gasteiger partial charge in [0, 0.05) is 13.8 Å². The van der Waals surface area contributed by atoms with Gasteiger partial charge in [0.25, 0.3) is 11.9 Å². The van der Waals surface area contributed by atoms with Crippen molar-refractivity contribution in [3.05, 3.63) is 0 Å². The molecule has 0 aliphatic heterocycles. The molecule has 0 aliphatic carbocycles. The monoisotopic (exact) mass is 235 g/mol. The summed E-state index contributed by atoms with van der Waals surface area (Å²) in [6.45, 7) is 2.21. The molecular formula is C7H17MgNO6. The van der Waals surface area contributed by atoms with E-state index in [1.54, 1.807) is 7.05 Å². The van der Waals surface area contributed by atoms with Crippen molar-refractivity contribution in [1.82, 2.24) is 5.32 Å². The summed E-state index contributed by atoms with van der Waals surface area (Å²) in [5.74, 6) is -2.49. The normalized spacial score (nSPS) is 6.60. The molecule has 8 heteroatoms. The number of nitrogens with one attached hydrogen (secondary N) is 1. The topological polar surface area (TPSA) is 124 Å². The molecule has 15 heavy (non-hydrogen) atoms. The zero-order valence-electron chi connectivity index (χ0n) is 11.0. The summed E-state index contributed by atoms with van der Waals surface area (Å²) in [7, 11) is 1.59. The third-order valence-electron chi connectivity index (χ3n) is 0.328. The molecule has 0 spiro atoms. The minimum Gasteiger partial charge on any atom is -1.00 e. The zero-order valence-corrected chi connectivity index (χ0v) is 10.4. The Morgan fingerprint density at radius 1 is 1.07 bits per heavy atom. The van der Waals surface area contributed by atoms with Crippen molar-refractivity contribution in [3.8, 4) is 0 Å². The molecule has 0 aromatic heterocycles. The standard InChI is InChI=1S/C3H7NO2.2C2H4O2.Mg.2H/c1-4-2-3(5)6;2*1-2(3)4;;;/h4H,2H2,1H3,(H,5,6);2*1H3,(H,3,4);;;/q;;;+2;2*-1. The fourth-order valence-electron chi connectivity index (χ4n) is 0.151. The molecule has 0 bridgehead atoms. The van der Waals surface area contributed by atoms with Crippen molar-refractivity contribution in [2.24, 2.45) is 0 Å². The van der Waals surface area contributed by atoms with Crippen LogP contribution in [0.25, 0.3) is 0 Å². The zero-order chi connectivity index (χ0) is 12.1. The summed E-state index contributed by atoms with van der Waals surface area (Å²) in [6, 6.07) is 0. The molecule has 0 heterocycles. The summed E-state index contributed by atoms with van der Waals surface area (Å²) in [5, 5.41) is 25.2. The largest absolute Gasteiger partial charge is 2.00 e. The van der Waals surface area contributed by atoms with Crippen molar-refractivity contribution >= 4 is 41.0 Å². The number of likely N-dealkylation sites (N-methyl/N-ethyl adjacent to an activating group) is 1. The van der Waals surface area contributed by atoms with E-state index in [9.17, 15) is 4.79 Å². The predicted molar refractivity (Wildman–Crippen MR) is 56.2 cm³/mol. The Hall–Kier alpha value is -0.864. The van der Waals surface area contributed by atoms with Crippen LogP contribution in [0.1, 0.15) is 16.7 Å². The molecule has 0 fully saturated rings. The van der Waals surface area contributed by atoms with Gasteiger partial charge in [-0.25, -0.2) is 0 Å². The minimum absolute atomic E-state index is 0. The Kier molecular flexibility index (Phi) is 29.8. The van der Waals surface area contributed by atoms with Crippen LogP contribution in [-0.4, -0.2) is 69.9 Å². The smallest absolute Gasteiger partial charge is 1.00 e. The molecule has 0 aliphatic rings. The van der Waals surface area contributed by atoms with Gasteiger partial charge in [-0.15, -0.1) is 0 Å². The number of rotatable bonds is 2. The Morgan fingerprint density at radius 3 is 1.27 bits per heavy atom. The molecule has 0 aromatic rings. The second-order valence-corrected chi connectivity index (χ2v) is 1.96. The van der Waals surface area contributed by atoms with E-state index >= 15 is 0 Å². The van der Waals surface area contributed by atoms with Crippen LogP contribution in [0.5, 0.6) is 0 Å². The number of hydrogen-bond donors (Lipinski definition) is 4. The Balaban J connectivity index is -0.0000000252. The van der Waals surface area contributed by atoms with Crippen LogP contribution in [0, 0.1) is 0 Å². The van der Waals surface area contributed by atoms with Crippen molar-refractivity contribution in [2.45, 2.75) is 13.8 Å². The van der Waals surface area contributed by atoms with E-state index in [4.69, 9.17) is 24.9 Å². The van der Waals surface area contributed by atoms with E-state index in [1.165, 1.54) is 0 Å². The third-order valence-corrected chi connectivity index (χ3v) is 0.328. The van der Waals surface area contributed by atoms with Crippen molar-refractivity contribution in [1.29, 1.82) is 0 Å². The SMILES string of the molecule is CC(=O)O.CC(=O)O.CNCC(=O)O.[H-].[H-].[Mg+2]. The second-order valence-electron chi connectivity index (χ2n) is 1.96. The van der Waals surface area contributed by atoms with E-state index in [2.05, 4.69) is 5.32 Å². The maximum atomic E-state index is 9.54.